The Morgan fingerprint density at radius 3 is 2.90 bits per heavy atom. The van der Waals surface area contributed by atoms with Gasteiger partial charge in [0.05, 0.1) is 19.8 Å². The van der Waals surface area contributed by atoms with Crippen molar-refractivity contribution in [2.45, 2.75) is 31.9 Å². The molecule has 1 fully saturated rings. The fourth-order valence-corrected chi connectivity index (χ4v) is 2.86. The molecule has 0 aromatic heterocycles. The number of para-hydroxylation sites is 1. The minimum absolute atomic E-state index is 0.212. The van der Waals surface area contributed by atoms with Crippen LogP contribution >= 0.6 is 0 Å². The topological polar surface area (TPSA) is 41.9 Å². The van der Waals surface area contributed by atoms with E-state index < -0.39 is 0 Å². The van der Waals surface area contributed by atoms with Crippen molar-refractivity contribution in [1.82, 2.24) is 4.90 Å². The molecule has 1 heterocycles. The lowest BCUT2D eigenvalue weighted by Gasteiger charge is -2.34. The molecule has 1 aliphatic rings. The van der Waals surface area contributed by atoms with Crippen molar-refractivity contribution in [3.63, 3.8) is 0 Å². The van der Waals surface area contributed by atoms with Gasteiger partial charge in [0, 0.05) is 25.1 Å². The van der Waals surface area contributed by atoms with Crippen molar-refractivity contribution in [3.05, 3.63) is 29.8 Å². The van der Waals surface area contributed by atoms with E-state index in [2.05, 4.69) is 24.9 Å². The molecule has 1 saturated heterocycles. The molecule has 0 amide bonds. The van der Waals surface area contributed by atoms with Gasteiger partial charge in [-0.2, -0.15) is 0 Å². The molecule has 2 rings (SSSR count). The molecular formula is C17H27NO3. The van der Waals surface area contributed by atoms with E-state index in [0.717, 1.165) is 25.1 Å². The van der Waals surface area contributed by atoms with E-state index in [4.69, 9.17) is 9.47 Å². The lowest BCUT2D eigenvalue weighted by Crippen LogP contribution is -2.43. The summed E-state index contributed by atoms with van der Waals surface area (Å²) in [5.41, 5.74) is 1.22. The van der Waals surface area contributed by atoms with Crippen molar-refractivity contribution < 1.29 is 14.6 Å². The van der Waals surface area contributed by atoms with Crippen molar-refractivity contribution >= 4 is 0 Å². The summed E-state index contributed by atoms with van der Waals surface area (Å²) in [6, 6.07) is 8.54. The van der Waals surface area contributed by atoms with E-state index in [0.29, 0.717) is 19.3 Å². The van der Waals surface area contributed by atoms with E-state index in [1.807, 2.05) is 18.2 Å². The number of ether oxygens (including phenoxy) is 2. The van der Waals surface area contributed by atoms with Gasteiger partial charge in [-0.15, -0.1) is 0 Å². The standard InChI is InChI=1S/C17H27NO3/c1-13(10-14-6-4-5-7-17(14)20-3)18(2)11-15-12-21-9-8-16(15)19/h4-7,13,15-16,19H,8-12H2,1-3H3. The van der Waals surface area contributed by atoms with Gasteiger partial charge in [-0.25, -0.2) is 0 Å². The van der Waals surface area contributed by atoms with E-state index in [1.165, 1.54) is 5.56 Å². The molecule has 21 heavy (non-hydrogen) atoms. The third kappa shape index (κ3) is 4.43. The number of nitrogens with zero attached hydrogens (tertiary/aromatic N) is 1. The van der Waals surface area contributed by atoms with Gasteiger partial charge in [-0.05, 0) is 38.4 Å². The van der Waals surface area contributed by atoms with E-state index in [9.17, 15) is 5.11 Å². The molecule has 0 radical (unpaired) electrons. The first-order chi connectivity index (χ1) is 10.1. The molecule has 1 aliphatic heterocycles. The smallest absolute Gasteiger partial charge is 0.122 e. The molecule has 0 aliphatic carbocycles. The Bertz CT molecular complexity index is 438. The Hall–Kier alpha value is -1.10. The van der Waals surface area contributed by atoms with Crippen molar-refractivity contribution in [3.8, 4) is 5.75 Å². The summed E-state index contributed by atoms with van der Waals surface area (Å²) in [4.78, 5) is 2.30. The summed E-state index contributed by atoms with van der Waals surface area (Å²) in [6.07, 6.45) is 1.45. The Morgan fingerprint density at radius 1 is 1.43 bits per heavy atom. The highest BCUT2D eigenvalue weighted by Crippen LogP contribution is 2.22. The van der Waals surface area contributed by atoms with Gasteiger partial charge in [0.1, 0.15) is 5.75 Å². The van der Waals surface area contributed by atoms with Crippen LogP contribution in [0.25, 0.3) is 0 Å². The number of hydrogen-bond donors (Lipinski definition) is 1. The summed E-state index contributed by atoms with van der Waals surface area (Å²) in [6.45, 7) is 4.41. The molecule has 118 valence electrons. The van der Waals surface area contributed by atoms with Crippen LogP contribution in [0.2, 0.25) is 0 Å². The second-order valence-corrected chi connectivity index (χ2v) is 6.00. The summed E-state index contributed by atoms with van der Waals surface area (Å²) < 4.78 is 10.9. The summed E-state index contributed by atoms with van der Waals surface area (Å²) >= 11 is 0. The van der Waals surface area contributed by atoms with E-state index in [-0.39, 0.29) is 12.0 Å². The summed E-state index contributed by atoms with van der Waals surface area (Å²) in [7, 11) is 3.82. The van der Waals surface area contributed by atoms with Gasteiger partial charge >= 0.3 is 0 Å². The van der Waals surface area contributed by atoms with Crippen molar-refractivity contribution in [2.24, 2.45) is 5.92 Å². The highest BCUT2D eigenvalue weighted by Gasteiger charge is 2.26. The molecule has 1 aromatic rings. The van der Waals surface area contributed by atoms with Crippen LogP contribution in [0.1, 0.15) is 18.9 Å². The van der Waals surface area contributed by atoms with E-state index in [1.54, 1.807) is 7.11 Å². The van der Waals surface area contributed by atoms with Crippen LogP contribution in [0.4, 0.5) is 0 Å². The van der Waals surface area contributed by atoms with Crippen molar-refractivity contribution in [1.29, 1.82) is 0 Å². The third-order valence-corrected chi connectivity index (χ3v) is 4.42. The maximum Gasteiger partial charge on any atom is 0.122 e. The zero-order valence-electron chi connectivity index (χ0n) is 13.3. The van der Waals surface area contributed by atoms with Crippen LogP contribution in [0.15, 0.2) is 24.3 Å². The Morgan fingerprint density at radius 2 is 2.19 bits per heavy atom. The number of rotatable bonds is 6. The normalized spacial score (nSPS) is 24.0. The number of aliphatic hydroxyl groups excluding tert-OH is 1. The first-order valence-electron chi connectivity index (χ1n) is 7.69. The summed E-state index contributed by atoms with van der Waals surface area (Å²) in [5, 5.41) is 10.0. The first kappa shape index (κ1) is 16.3. The van der Waals surface area contributed by atoms with Crippen molar-refractivity contribution in [2.75, 3.05) is 33.9 Å². The molecule has 1 N–H and O–H groups in total. The maximum atomic E-state index is 10.0. The first-order valence-corrected chi connectivity index (χ1v) is 7.69. The molecule has 1 aromatic carbocycles. The second kappa shape index (κ2) is 7.78. The van der Waals surface area contributed by atoms with Gasteiger partial charge < -0.3 is 19.5 Å². The lowest BCUT2D eigenvalue weighted by atomic mass is 9.97. The highest BCUT2D eigenvalue weighted by atomic mass is 16.5. The maximum absolute atomic E-state index is 10.0. The van der Waals surface area contributed by atoms with Crippen LogP contribution in [0.3, 0.4) is 0 Å². The molecule has 0 saturated carbocycles. The van der Waals surface area contributed by atoms with Crippen LogP contribution in [-0.2, 0) is 11.2 Å². The number of hydrogen-bond acceptors (Lipinski definition) is 4. The third-order valence-electron chi connectivity index (χ3n) is 4.42. The molecule has 0 spiro atoms. The fraction of sp³-hybridized carbons (Fsp3) is 0.647. The van der Waals surface area contributed by atoms with Gasteiger partial charge in [0.25, 0.3) is 0 Å². The lowest BCUT2D eigenvalue weighted by molar-refractivity contribution is -0.0471. The second-order valence-electron chi connectivity index (χ2n) is 6.00. The van der Waals surface area contributed by atoms with Crippen LogP contribution in [-0.4, -0.2) is 56.1 Å². The molecular weight excluding hydrogens is 266 g/mol. The minimum Gasteiger partial charge on any atom is -0.496 e. The predicted molar refractivity (Wildman–Crippen MR) is 83.7 cm³/mol. The molecule has 4 nitrogen and oxygen atoms in total. The molecule has 3 atom stereocenters. The van der Waals surface area contributed by atoms with Gasteiger partial charge in [0.2, 0.25) is 0 Å². The average molecular weight is 293 g/mol. The monoisotopic (exact) mass is 293 g/mol. The largest absolute Gasteiger partial charge is 0.496 e. The number of likely N-dealkylation sites (N-methyl/N-ethyl adjacent to an activating group) is 1. The van der Waals surface area contributed by atoms with Gasteiger partial charge in [-0.1, -0.05) is 18.2 Å². The molecule has 0 bridgehead atoms. The van der Waals surface area contributed by atoms with Crippen LogP contribution < -0.4 is 4.74 Å². The average Bonchev–Trinajstić information content (AvgIpc) is 2.50. The number of aliphatic hydroxyl groups is 1. The zero-order valence-corrected chi connectivity index (χ0v) is 13.3. The Kier molecular flexibility index (Phi) is 6.03. The Labute approximate surface area is 127 Å². The predicted octanol–water partition coefficient (Wildman–Crippen LogP) is 1.96. The summed E-state index contributed by atoms with van der Waals surface area (Å²) in [5.74, 6) is 1.16. The van der Waals surface area contributed by atoms with Gasteiger partial charge in [0.15, 0.2) is 0 Å². The highest BCUT2D eigenvalue weighted by molar-refractivity contribution is 5.33. The Balaban J connectivity index is 1.91. The van der Waals surface area contributed by atoms with Crippen LogP contribution in [0, 0.1) is 5.92 Å². The number of benzene rings is 1. The minimum atomic E-state index is -0.236. The SMILES string of the molecule is COc1ccccc1CC(C)N(C)CC1COCCC1O. The molecule has 4 heteroatoms. The quantitative estimate of drug-likeness (QED) is 0.870. The van der Waals surface area contributed by atoms with Gasteiger partial charge in [-0.3, -0.25) is 0 Å². The fourth-order valence-electron chi connectivity index (χ4n) is 2.86. The molecule has 3 unspecified atom stereocenters. The zero-order chi connectivity index (χ0) is 15.2. The number of methoxy groups -OCH3 is 1. The van der Waals surface area contributed by atoms with E-state index >= 15 is 0 Å². The van der Waals surface area contributed by atoms with Crippen LogP contribution in [0.5, 0.6) is 5.75 Å².